The third-order valence-electron chi connectivity index (χ3n) is 6.92. The third kappa shape index (κ3) is 5.00. The van der Waals surface area contributed by atoms with E-state index in [0.717, 1.165) is 29.6 Å². The molecule has 0 nitrogen and oxygen atoms in total. The Bertz CT molecular complexity index is 254. The van der Waals surface area contributed by atoms with Crippen LogP contribution in [0, 0.1) is 29.6 Å². The molecular weight excluding hydrogens is 252 g/mol. The predicted molar refractivity (Wildman–Crippen MR) is 92.4 cm³/mol. The Morgan fingerprint density at radius 2 is 0.952 bits per heavy atom. The molecule has 0 aromatic heterocycles. The topological polar surface area (TPSA) is 0 Å². The largest absolute Gasteiger partial charge is 0.0625 e. The van der Waals surface area contributed by atoms with E-state index in [1.165, 1.54) is 38.5 Å². The fourth-order valence-electron chi connectivity index (χ4n) is 6.07. The Morgan fingerprint density at radius 1 is 0.524 bits per heavy atom. The fraction of sp³-hybridized carbons (Fsp3) is 1.00. The van der Waals surface area contributed by atoms with Gasteiger partial charge in [0, 0.05) is 0 Å². The third-order valence-corrected chi connectivity index (χ3v) is 6.92. The highest BCUT2D eigenvalue weighted by molar-refractivity contribution is 4.82. The maximum Gasteiger partial charge on any atom is -0.0406 e. The van der Waals surface area contributed by atoms with Crippen molar-refractivity contribution >= 4 is 0 Å². The molecule has 0 bridgehead atoms. The fourth-order valence-corrected chi connectivity index (χ4v) is 6.07. The minimum absolute atomic E-state index is 1.01. The second kappa shape index (κ2) is 8.02. The minimum atomic E-state index is 1.01. The second-order valence-corrected chi connectivity index (χ2v) is 9.02. The van der Waals surface area contributed by atoms with Crippen molar-refractivity contribution in [1.29, 1.82) is 0 Å². The molecule has 0 aliphatic heterocycles. The molecular formula is C21H38. The zero-order valence-electron chi connectivity index (χ0n) is 14.5. The number of hydrogen-bond donors (Lipinski definition) is 0. The Balaban J connectivity index is 1.46. The normalized spacial score (nSPS) is 36.7. The molecule has 0 aromatic carbocycles. The van der Waals surface area contributed by atoms with Gasteiger partial charge in [-0.15, -0.1) is 0 Å². The summed E-state index contributed by atoms with van der Waals surface area (Å²) in [6.07, 6.45) is 23.2. The van der Waals surface area contributed by atoms with Crippen molar-refractivity contribution in [3.8, 4) is 0 Å². The van der Waals surface area contributed by atoms with Gasteiger partial charge in [-0.05, 0) is 61.7 Å². The molecule has 2 unspecified atom stereocenters. The van der Waals surface area contributed by atoms with Gasteiger partial charge >= 0.3 is 0 Å². The molecule has 0 N–H and O–H groups in total. The van der Waals surface area contributed by atoms with Crippen LogP contribution in [0.2, 0.25) is 0 Å². The van der Waals surface area contributed by atoms with Crippen LogP contribution >= 0.6 is 0 Å². The summed E-state index contributed by atoms with van der Waals surface area (Å²) >= 11 is 0. The van der Waals surface area contributed by atoms with Crippen LogP contribution in [0.1, 0.15) is 103 Å². The van der Waals surface area contributed by atoms with Crippen LogP contribution in [-0.4, -0.2) is 0 Å². The summed E-state index contributed by atoms with van der Waals surface area (Å²) in [5.74, 6) is 5.39. The molecule has 0 saturated heterocycles. The predicted octanol–water partition coefficient (Wildman–Crippen LogP) is 6.98. The molecule has 3 aliphatic rings. The van der Waals surface area contributed by atoms with Gasteiger partial charge in [0.2, 0.25) is 0 Å². The quantitative estimate of drug-likeness (QED) is 0.524. The molecule has 3 saturated carbocycles. The lowest BCUT2D eigenvalue weighted by molar-refractivity contribution is 0.139. The minimum Gasteiger partial charge on any atom is -0.0625 e. The van der Waals surface area contributed by atoms with Crippen molar-refractivity contribution in [2.75, 3.05) is 0 Å². The molecule has 0 radical (unpaired) electrons. The smallest absolute Gasteiger partial charge is 0.0406 e. The molecule has 0 amide bonds. The maximum atomic E-state index is 2.54. The summed E-state index contributed by atoms with van der Waals surface area (Å²) < 4.78 is 0. The standard InChI is InChI=1S/C21H38/c1-17-12-20(14-18-8-4-2-5-9-18)16-21(13-17)15-19-10-6-3-7-11-19/h17-21H,2-16H2,1H3. The zero-order chi connectivity index (χ0) is 14.5. The van der Waals surface area contributed by atoms with Gasteiger partial charge in [0.1, 0.15) is 0 Å². The molecule has 21 heavy (non-hydrogen) atoms. The molecule has 0 aromatic rings. The van der Waals surface area contributed by atoms with Crippen LogP contribution in [0.4, 0.5) is 0 Å². The van der Waals surface area contributed by atoms with E-state index in [2.05, 4.69) is 6.92 Å². The van der Waals surface area contributed by atoms with Crippen LogP contribution in [0.25, 0.3) is 0 Å². The lowest BCUT2D eigenvalue weighted by Crippen LogP contribution is -2.26. The van der Waals surface area contributed by atoms with Crippen LogP contribution < -0.4 is 0 Å². The van der Waals surface area contributed by atoms with E-state index in [1.807, 2.05) is 0 Å². The van der Waals surface area contributed by atoms with Gasteiger partial charge in [0.15, 0.2) is 0 Å². The van der Waals surface area contributed by atoms with E-state index in [-0.39, 0.29) is 0 Å². The van der Waals surface area contributed by atoms with Crippen molar-refractivity contribution in [1.82, 2.24) is 0 Å². The first-order chi connectivity index (χ1) is 10.3. The first kappa shape index (κ1) is 15.9. The van der Waals surface area contributed by atoms with Gasteiger partial charge in [0.25, 0.3) is 0 Å². The molecule has 0 spiro atoms. The Hall–Kier alpha value is 0. The lowest BCUT2D eigenvalue weighted by atomic mass is 9.68. The van der Waals surface area contributed by atoms with Gasteiger partial charge < -0.3 is 0 Å². The summed E-state index contributed by atoms with van der Waals surface area (Å²) in [6.45, 7) is 2.54. The van der Waals surface area contributed by atoms with Crippen LogP contribution in [0.3, 0.4) is 0 Å². The van der Waals surface area contributed by atoms with Crippen LogP contribution in [0.15, 0.2) is 0 Å². The lowest BCUT2D eigenvalue weighted by Gasteiger charge is -2.38. The van der Waals surface area contributed by atoms with Gasteiger partial charge in [-0.1, -0.05) is 71.1 Å². The summed E-state index contributed by atoms with van der Waals surface area (Å²) in [5.41, 5.74) is 0. The van der Waals surface area contributed by atoms with Crippen LogP contribution in [0.5, 0.6) is 0 Å². The highest BCUT2D eigenvalue weighted by Gasteiger charge is 2.30. The van der Waals surface area contributed by atoms with Crippen molar-refractivity contribution in [3.63, 3.8) is 0 Å². The Kier molecular flexibility index (Phi) is 6.07. The van der Waals surface area contributed by atoms with Crippen molar-refractivity contribution in [2.24, 2.45) is 29.6 Å². The molecule has 2 atom stereocenters. The Morgan fingerprint density at radius 3 is 1.38 bits per heavy atom. The van der Waals surface area contributed by atoms with Gasteiger partial charge in [0.05, 0.1) is 0 Å². The number of hydrogen-bond acceptors (Lipinski definition) is 0. The van der Waals surface area contributed by atoms with Gasteiger partial charge in [-0.3, -0.25) is 0 Å². The summed E-state index contributed by atoms with van der Waals surface area (Å²) in [7, 11) is 0. The molecule has 0 heteroatoms. The summed E-state index contributed by atoms with van der Waals surface area (Å²) in [5, 5.41) is 0. The van der Waals surface area contributed by atoms with E-state index in [1.54, 1.807) is 57.8 Å². The number of rotatable bonds is 4. The first-order valence-corrected chi connectivity index (χ1v) is 10.3. The van der Waals surface area contributed by atoms with Crippen molar-refractivity contribution in [3.05, 3.63) is 0 Å². The SMILES string of the molecule is CC1CC(CC2CCCCC2)CC(CC2CCCCC2)C1. The van der Waals surface area contributed by atoms with E-state index in [0.29, 0.717) is 0 Å². The van der Waals surface area contributed by atoms with Gasteiger partial charge in [-0.25, -0.2) is 0 Å². The summed E-state index contributed by atoms with van der Waals surface area (Å²) in [4.78, 5) is 0. The highest BCUT2D eigenvalue weighted by atomic mass is 14.4. The zero-order valence-corrected chi connectivity index (χ0v) is 14.5. The molecule has 3 rings (SSSR count). The molecule has 3 fully saturated rings. The Labute approximate surface area is 133 Å². The van der Waals surface area contributed by atoms with Gasteiger partial charge in [-0.2, -0.15) is 0 Å². The van der Waals surface area contributed by atoms with E-state index in [9.17, 15) is 0 Å². The van der Waals surface area contributed by atoms with E-state index >= 15 is 0 Å². The van der Waals surface area contributed by atoms with Crippen LogP contribution in [-0.2, 0) is 0 Å². The van der Waals surface area contributed by atoms with E-state index in [4.69, 9.17) is 0 Å². The summed E-state index contributed by atoms with van der Waals surface area (Å²) in [6, 6.07) is 0. The molecule has 122 valence electrons. The van der Waals surface area contributed by atoms with Crippen molar-refractivity contribution < 1.29 is 0 Å². The van der Waals surface area contributed by atoms with E-state index < -0.39 is 0 Å². The van der Waals surface area contributed by atoms with Crippen molar-refractivity contribution in [2.45, 2.75) is 103 Å². The monoisotopic (exact) mass is 290 g/mol. The maximum absolute atomic E-state index is 2.54. The first-order valence-electron chi connectivity index (χ1n) is 10.3. The highest BCUT2D eigenvalue weighted by Crippen LogP contribution is 2.43. The average Bonchev–Trinajstić information content (AvgIpc) is 2.48. The second-order valence-electron chi connectivity index (χ2n) is 9.02. The average molecular weight is 291 g/mol. The molecule has 0 heterocycles. The molecule has 3 aliphatic carbocycles.